The zero-order valence-corrected chi connectivity index (χ0v) is 19.1. The van der Waals surface area contributed by atoms with Gasteiger partial charge in [0.05, 0.1) is 13.7 Å². The third-order valence-electron chi connectivity index (χ3n) is 4.72. The number of benzene rings is 1. The molecule has 0 unspecified atom stereocenters. The maximum atomic E-state index is 12.9. The van der Waals surface area contributed by atoms with Crippen molar-refractivity contribution in [1.29, 1.82) is 0 Å². The van der Waals surface area contributed by atoms with Gasteiger partial charge in [-0.15, -0.1) is 0 Å². The van der Waals surface area contributed by atoms with Gasteiger partial charge in [0, 0.05) is 17.8 Å². The third-order valence-corrected chi connectivity index (χ3v) is 4.72. The Balaban J connectivity index is 1.79. The van der Waals surface area contributed by atoms with Crippen molar-refractivity contribution in [1.82, 2.24) is 20.4 Å². The van der Waals surface area contributed by atoms with Crippen LogP contribution in [0, 0.1) is 0 Å². The molecule has 0 aliphatic heterocycles. The van der Waals surface area contributed by atoms with Crippen molar-refractivity contribution < 1.29 is 28.3 Å². The van der Waals surface area contributed by atoms with Crippen molar-refractivity contribution in [2.24, 2.45) is 0 Å². The van der Waals surface area contributed by atoms with Crippen LogP contribution in [0.2, 0.25) is 0 Å². The second kappa shape index (κ2) is 10.6. The Kier molecular flexibility index (Phi) is 7.60. The van der Waals surface area contributed by atoms with E-state index in [0.29, 0.717) is 11.7 Å². The van der Waals surface area contributed by atoms with Gasteiger partial charge in [0.2, 0.25) is 17.5 Å². The van der Waals surface area contributed by atoms with Gasteiger partial charge in [-0.2, -0.15) is 4.98 Å². The standard InChI is InChI=1S/C23H26N4O6/c1-6-31-23(29)32-19-17(30-5)10-11-24-18(19)21(28)25-14(4)22-26-20(27-33-22)16-9-7-8-15(12-16)13(2)3/h7-14H,6H2,1-5H3,(H,25,28)/t14-/m0/s1. The Morgan fingerprint density at radius 2 is 1.97 bits per heavy atom. The van der Waals surface area contributed by atoms with E-state index in [2.05, 4.69) is 34.3 Å². The molecule has 0 fully saturated rings. The van der Waals surface area contributed by atoms with Gasteiger partial charge in [-0.3, -0.25) is 4.79 Å². The van der Waals surface area contributed by atoms with Crippen molar-refractivity contribution >= 4 is 12.1 Å². The van der Waals surface area contributed by atoms with Crippen LogP contribution in [0.5, 0.6) is 11.5 Å². The topological polar surface area (TPSA) is 126 Å². The Bertz CT molecular complexity index is 1130. The summed E-state index contributed by atoms with van der Waals surface area (Å²) in [5.41, 5.74) is 1.81. The summed E-state index contributed by atoms with van der Waals surface area (Å²) in [4.78, 5) is 33.2. The summed E-state index contributed by atoms with van der Waals surface area (Å²) in [6, 6.07) is 8.69. The lowest BCUT2D eigenvalue weighted by atomic mass is 10.0. The molecule has 174 valence electrons. The van der Waals surface area contributed by atoms with Crippen LogP contribution in [-0.4, -0.2) is 40.9 Å². The number of nitrogens with one attached hydrogen (secondary N) is 1. The van der Waals surface area contributed by atoms with E-state index in [1.807, 2.05) is 24.3 Å². The molecule has 3 aromatic rings. The van der Waals surface area contributed by atoms with Crippen molar-refractivity contribution in [3.8, 4) is 22.9 Å². The van der Waals surface area contributed by atoms with Crippen LogP contribution in [0.4, 0.5) is 4.79 Å². The van der Waals surface area contributed by atoms with Crippen molar-refractivity contribution in [3.63, 3.8) is 0 Å². The minimum Gasteiger partial charge on any atom is -0.493 e. The number of hydrogen-bond donors (Lipinski definition) is 1. The minimum atomic E-state index is -0.976. The van der Waals surface area contributed by atoms with E-state index in [9.17, 15) is 9.59 Å². The van der Waals surface area contributed by atoms with Gasteiger partial charge >= 0.3 is 6.16 Å². The van der Waals surface area contributed by atoms with Gasteiger partial charge in [0.25, 0.3) is 5.91 Å². The van der Waals surface area contributed by atoms with Crippen molar-refractivity contribution in [2.45, 2.75) is 39.7 Å². The van der Waals surface area contributed by atoms with E-state index in [1.165, 1.54) is 19.4 Å². The fourth-order valence-electron chi connectivity index (χ4n) is 2.97. The van der Waals surface area contributed by atoms with Crippen LogP contribution < -0.4 is 14.8 Å². The van der Waals surface area contributed by atoms with E-state index in [1.54, 1.807) is 13.8 Å². The number of carbonyl (C=O) groups excluding carboxylic acids is 2. The lowest BCUT2D eigenvalue weighted by molar-refractivity contribution is 0.0910. The van der Waals surface area contributed by atoms with E-state index in [4.69, 9.17) is 18.7 Å². The summed E-state index contributed by atoms with van der Waals surface area (Å²) in [5, 5.41) is 6.75. The number of ether oxygens (including phenoxy) is 3. The van der Waals surface area contributed by atoms with Gasteiger partial charge in [0.1, 0.15) is 6.04 Å². The van der Waals surface area contributed by atoms with E-state index in [0.717, 1.165) is 11.1 Å². The summed E-state index contributed by atoms with van der Waals surface area (Å²) in [6.07, 6.45) is 0.388. The number of carbonyl (C=O) groups is 2. The molecular formula is C23H26N4O6. The molecule has 0 aliphatic carbocycles. The molecule has 0 saturated heterocycles. The molecule has 0 aliphatic rings. The zero-order chi connectivity index (χ0) is 24.0. The van der Waals surface area contributed by atoms with Gasteiger partial charge in [0.15, 0.2) is 11.4 Å². The summed E-state index contributed by atoms with van der Waals surface area (Å²) in [6.45, 7) is 7.63. The summed E-state index contributed by atoms with van der Waals surface area (Å²) < 4.78 is 20.5. The zero-order valence-electron chi connectivity index (χ0n) is 19.1. The first-order chi connectivity index (χ1) is 15.8. The van der Waals surface area contributed by atoms with E-state index < -0.39 is 18.1 Å². The SMILES string of the molecule is CCOC(=O)Oc1c(OC)ccnc1C(=O)N[C@@H](C)c1nc(-c2cccc(C(C)C)c2)no1. The smallest absolute Gasteiger partial charge is 0.493 e. The number of methoxy groups -OCH3 is 1. The first kappa shape index (κ1) is 23.7. The fraction of sp³-hybridized carbons (Fsp3) is 0.348. The highest BCUT2D eigenvalue weighted by molar-refractivity contribution is 5.96. The molecule has 1 amide bonds. The molecule has 2 aromatic heterocycles. The van der Waals surface area contributed by atoms with E-state index in [-0.39, 0.29) is 29.7 Å². The molecule has 0 bridgehead atoms. The Hall–Kier alpha value is -3.95. The third kappa shape index (κ3) is 5.65. The Morgan fingerprint density at radius 3 is 2.67 bits per heavy atom. The molecule has 3 rings (SSSR count). The molecule has 10 nitrogen and oxygen atoms in total. The molecule has 1 atom stereocenters. The van der Waals surface area contributed by atoms with Crippen molar-refractivity contribution in [3.05, 3.63) is 53.7 Å². The predicted octanol–water partition coefficient (Wildman–Crippen LogP) is 4.29. The average Bonchev–Trinajstić information content (AvgIpc) is 3.30. The van der Waals surface area contributed by atoms with E-state index >= 15 is 0 Å². The summed E-state index contributed by atoms with van der Waals surface area (Å²) >= 11 is 0. The van der Waals surface area contributed by atoms with Crippen LogP contribution in [0.15, 0.2) is 41.1 Å². The lowest BCUT2D eigenvalue weighted by Crippen LogP contribution is -2.28. The van der Waals surface area contributed by atoms with Crippen LogP contribution in [0.3, 0.4) is 0 Å². The maximum absolute atomic E-state index is 12.9. The molecule has 2 heterocycles. The number of aromatic nitrogens is 3. The second-order valence-corrected chi connectivity index (χ2v) is 7.41. The number of amides is 1. The highest BCUT2D eigenvalue weighted by atomic mass is 16.7. The summed E-state index contributed by atoms with van der Waals surface area (Å²) in [5.74, 6) is 0.363. The Morgan fingerprint density at radius 1 is 1.18 bits per heavy atom. The summed E-state index contributed by atoms with van der Waals surface area (Å²) in [7, 11) is 1.38. The number of hydrogen-bond acceptors (Lipinski definition) is 9. The maximum Gasteiger partial charge on any atom is 0.514 e. The lowest BCUT2D eigenvalue weighted by Gasteiger charge is -2.14. The molecule has 0 spiro atoms. The highest BCUT2D eigenvalue weighted by Crippen LogP contribution is 2.30. The van der Waals surface area contributed by atoms with Crippen LogP contribution in [0.1, 0.15) is 61.6 Å². The number of rotatable bonds is 8. The molecule has 1 aromatic carbocycles. The van der Waals surface area contributed by atoms with Gasteiger partial charge in [-0.25, -0.2) is 9.78 Å². The first-order valence-electron chi connectivity index (χ1n) is 10.5. The molecular weight excluding hydrogens is 428 g/mol. The number of nitrogens with zero attached hydrogens (tertiary/aromatic N) is 3. The predicted molar refractivity (Wildman–Crippen MR) is 118 cm³/mol. The second-order valence-electron chi connectivity index (χ2n) is 7.41. The van der Waals surface area contributed by atoms with Gasteiger partial charge in [-0.05, 0) is 31.4 Å². The Labute approximate surface area is 191 Å². The van der Waals surface area contributed by atoms with Crippen molar-refractivity contribution in [2.75, 3.05) is 13.7 Å². The molecule has 0 saturated carbocycles. The first-order valence-corrected chi connectivity index (χ1v) is 10.5. The van der Waals surface area contributed by atoms with Crippen LogP contribution >= 0.6 is 0 Å². The largest absolute Gasteiger partial charge is 0.514 e. The molecule has 1 N–H and O–H groups in total. The van der Waals surface area contributed by atoms with Gasteiger partial charge in [-0.1, -0.05) is 37.2 Å². The fourth-order valence-corrected chi connectivity index (χ4v) is 2.97. The molecule has 10 heteroatoms. The normalized spacial score (nSPS) is 11.7. The van der Waals surface area contributed by atoms with Crippen LogP contribution in [0.25, 0.3) is 11.4 Å². The molecule has 33 heavy (non-hydrogen) atoms. The van der Waals surface area contributed by atoms with Crippen LogP contribution in [-0.2, 0) is 4.74 Å². The van der Waals surface area contributed by atoms with Gasteiger partial charge < -0.3 is 24.1 Å². The monoisotopic (exact) mass is 454 g/mol. The average molecular weight is 454 g/mol. The quantitative estimate of drug-likeness (QED) is 0.496. The minimum absolute atomic E-state index is 0.111. The highest BCUT2D eigenvalue weighted by Gasteiger charge is 2.25. The molecule has 0 radical (unpaired) electrons. The number of pyridine rings is 1.